The molecule has 0 saturated carbocycles. The molecule has 156 valence electrons. The summed E-state index contributed by atoms with van der Waals surface area (Å²) in [4.78, 5) is 15.7. The fourth-order valence-electron chi connectivity index (χ4n) is 2.52. The zero-order chi connectivity index (χ0) is 21.4. The van der Waals surface area contributed by atoms with Crippen LogP contribution in [-0.4, -0.2) is 46.8 Å². The van der Waals surface area contributed by atoms with Crippen molar-refractivity contribution in [2.24, 2.45) is 10.2 Å². The molecule has 1 heterocycles. The smallest absolute Gasteiger partial charge is 0.748 e. The van der Waals surface area contributed by atoms with Crippen molar-refractivity contribution >= 4 is 33.0 Å². The van der Waals surface area contributed by atoms with Gasteiger partial charge in [0.05, 0.1) is 15.0 Å². The van der Waals surface area contributed by atoms with Crippen molar-refractivity contribution < 1.29 is 52.6 Å². The number of aromatic hydroxyl groups is 1. The average Bonchev–Trinajstić information content (AvgIpc) is 2.65. The normalized spacial score (nSPS) is 11.3. The Morgan fingerprint density at radius 3 is 2.47 bits per heavy atom. The number of benzene rings is 1. The van der Waals surface area contributed by atoms with Gasteiger partial charge in [-0.2, -0.15) is 0 Å². The summed E-state index contributed by atoms with van der Waals surface area (Å²) in [5.41, 5.74) is 0.657. The van der Waals surface area contributed by atoms with Crippen molar-refractivity contribution in [1.82, 2.24) is 4.98 Å². The summed E-state index contributed by atoms with van der Waals surface area (Å²) in [5, 5.41) is 28.6. The van der Waals surface area contributed by atoms with Crippen LogP contribution >= 0.6 is 0 Å². The summed E-state index contributed by atoms with van der Waals surface area (Å²) in [7, 11) is -4.27. The second kappa shape index (κ2) is 11.9. The largest absolute Gasteiger partial charge is 1.00 e. The molecule has 0 radical (unpaired) electrons. The molecule has 2 aromatic rings. The maximum absolute atomic E-state index is 10.8. The molecular formula is C17H20N5NaO6S. The molecule has 0 spiro atoms. The van der Waals surface area contributed by atoms with E-state index < -0.39 is 20.8 Å². The van der Waals surface area contributed by atoms with Gasteiger partial charge in [-0.05, 0) is 31.0 Å². The second-order valence-electron chi connectivity index (χ2n) is 6.11. The van der Waals surface area contributed by atoms with Crippen LogP contribution < -0.4 is 34.5 Å². The Bertz CT molecular complexity index is 985. The first kappa shape index (κ1) is 25.9. The minimum Gasteiger partial charge on any atom is -0.748 e. The van der Waals surface area contributed by atoms with Gasteiger partial charge >= 0.3 is 29.6 Å². The van der Waals surface area contributed by atoms with E-state index in [1.807, 2.05) is 11.8 Å². The monoisotopic (exact) mass is 445 g/mol. The van der Waals surface area contributed by atoms with E-state index in [1.54, 1.807) is 6.07 Å². The summed E-state index contributed by atoms with van der Waals surface area (Å²) in [6, 6.07) is 7.28. The van der Waals surface area contributed by atoms with Crippen molar-refractivity contribution in [3.63, 3.8) is 0 Å². The Morgan fingerprint density at radius 1 is 1.20 bits per heavy atom. The van der Waals surface area contributed by atoms with Gasteiger partial charge in [0, 0.05) is 36.7 Å². The van der Waals surface area contributed by atoms with E-state index in [9.17, 15) is 28.2 Å². The van der Waals surface area contributed by atoms with E-state index in [0.29, 0.717) is 18.8 Å². The quantitative estimate of drug-likeness (QED) is 0.179. The van der Waals surface area contributed by atoms with Gasteiger partial charge in [0.15, 0.2) is 5.82 Å². The van der Waals surface area contributed by atoms with E-state index in [2.05, 4.69) is 15.2 Å². The van der Waals surface area contributed by atoms with Crippen LogP contribution in [0.15, 0.2) is 46.8 Å². The molecule has 13 heteroatoms. The summed E-state index contributed by atoms with van der Waals surface area (Å²) in [5.74, 6) is -0.454. The van der Waals surface area contributed by atoms with Crippen molar-refractivity contribution in [1.29, 1.82) is 0 Å². The SMILES string of the molecule is CCCN(CCCS(=O)(=O)[O-])c1ccc(N=Nc2ccc([N+](=O)[O-])cn2)c(O)c1.[Na+]. The summed E-state index contributed by atoms with van der Waals surface area (Å²) in [6.45, 7) is 2.92. The molecule has 0 fully saturated rings. The fraction of sp³-hybridized carbons (Fsp3) is 0.353. The van der Waals surface area contributed by atoms with Gasteiger partial charge in [0.25, 0.3) is 5.69 Å². The first-order valence-electron chi connectivity index (χ1n) is 8.73. The first-order valence-corrected chi connectivity index (χ1v) is 10.3. The summed E-state index contributed by atoms with van der Waals surface area (Å²) in [6.07, 6.45) is 2.03. The van der Waals surface area contributed by atoms with Gasteiger partial charge in [-0.1, -0.05) is 6.92 Å². The molecule has 0 aliphatic carbocycles. The molecular weight excluding hydrogens is 425 g/mol. The van der Waals surface area contributed by atoms with Crippen molar-refractivity contribution in [2.75, 3.05) is 23.7 Å². The van der Waals surface area contributed by atoms with Crippen LogP contribution in [0.1, 0.15) is 19.8 Å². The molecule has 2 rings (SSSR count). The number of nitrogens with zero attached hydrogens (tertiary/aromatic N) is 5. The number of rotatable bonds is 10. The second-order valence-corrected chi connectivity index (χ2v) is 7.63. The zero-order valence-electron chi connectivity index (χ0n) is 16.6. The third-order valence-corrected chi connectivity index (χ3v) is 4.63. The molecule has 0 aliphatic heterocycles. The topological polar surface area (TPSA) is 161 Å². The number of aromatic nitrogens is 1. The van der Waals surface area contributed by atoms with E-state index in [-0.39, 0.29) is 58.9 Å². The van der Waals surface area contributed by atoms with Crippen LogP contribution in [0.25, 0.3) is 0 Å². The van der Waals surface area contributed by atoms with Gasteiger partial charge in [-0.15, -0.1) is 10.2 Å². The fourth-order valence-corrected chi connectivity index (χ4v) is 3.00. The number of hydrogen-bond acceptors (Lipinski definition) is 10. The van der Waals surface area contributed by atoms with Gasteiger partial charge in [-0.25, -0.2) is 13.4 Å². The van der Waals surface area contributed by atoms with E-state index >= 15 is 0 Å². The molecule has 0 atom stereocenters. The summed E-state index contributed by atoms with van der Waals surface area (Å²) < 4.78 is 32.3. The van der Waals surface area contributed by atoms with Crippen LogP contribution in [0, 0.1) is 10.1 Å². The van der Waals surface area contributed by atoms with E-state index in [4.69, 9.17) is 0 Å². The predicted molar refractivity (Wildman–Crippen MR) is 105 cm³/mol. The zero-order valence-corrected chi connectivity index (χ0v) is 19.4. The third kappa shape index (κ3) is 8.32. The van der Waals surface area contributed by atoms with Crippen molar-refractivity contribution in [3.05, 3.63) is 46.6 Å². The molecule has 0 aliphatic rings. The van der Waals surface area contributed by atoms with Gasteiger partial charge in [0.2, 0.25) is 0 Å². The Hall–Kier alpha value is -2.12. The molecule has 0 saturated heterocycles. The molecule has 0 unspecified atom stereocenters. The maximum Gasteiger partial charge on any atom is 1.00 e. The Kier molecular flexibility index (Phi) is 10.3. The number of hydrogen-bond donors (Lipinski definition) is 1. The minimum absolute atomic E-state index is 0. The van der Waals surface area contributed by atoms with Crippen molar-refractivity contribution in [2.45, 2.75) is 19.8 Å². The van der Waals surface area contributed by atoms with Crippen LogP contribution in [0.5, 0.6) is 5.75 Å². The molecule has 0 bridgehead atoms. The number of pyridine rings is 1. The standard InChI is InChI=1S/C17H21N5O6S.Na/c1-2-8-21(9-3-10-29(26,27)28)13-4-6-15(16(23)11-13)19-20-17-7-5-14(12-18-17)22(24)25;/h4-7,11-12,23H,2-3,8-10H2,1H3,(H,26,27,28);/q;+1/p-1. The van der Waals surface area contributed by atoms with Crippen LogP contribution in [0.4, 0.5) is 22.9 Å². The third-order valence-electron chi connectivity index (χ3n) is 3.84. The molecule has 1 aromatic carbocycles. The first-order chi connectivity index (χ1) is 13.7. The van der Waals surface area contributed by atoms with Crippen LogP contribution in [0.3, 0.4) is 0 Å². The maximum atomic E-state index is 10.8. The van der Waals surface area contributed by atoms with Crippen LogP contribution in [-0.2, 0) is 10.1 Å². The molecule has 1 aromatic heterocycles. The molecule has 11 nitrogen and oxygen atoms in total. The number of phenols is 1. The number of nitro groups is 1. The van der Waals surface area contributed by atoms with E-state index in [1.165, 1.54) is 24.3 Å². The number of azo groups is 1. The van der Waals surface area contributed by atoms with Crippen LogP contribution in [0.2, 0.25) is 0 Å². The van der Waals surface area contributed by atoms with Gasteiger partial charge in [-0.3, -0.25) is 10.1 Å². The molecule has 1 N–H and O–H groups in total. The Balaban J connectivity index is 0.00000450. The Morgan fingerprint density at radius 2 is 1.93 bits per heavy atom. The summed E-state index contributed by atoms with van der Waals surface area (Å²) >= 11 is 0. The number of anilines is 1. The predicted octanol–water partition coefficient (Wildman–Crippen LogP) is 0.266. The average molecular weight is 445 g/mol. The Labute approximate surface area is 196 Å². The van der Waals surface area contributed by atoms with Crippen molar-refractivity contribution in [3.8, 4) is 5.75 Å². The molecule has 30 heavy (non-hydrogen) atoms. The molecule has 0 amide bonds. The van der Waals surface area contributed by atoms with E-state index in [0.717, 1.165) is 12.6 Å². The van der Waals surface area contributed by atoms with Gasteiger partial charge in [0.1, 0.15) is 17.6 Å². The number of phenolic OH excluding ortho intramolecular Hbond substituents is 1. The van der Waals surface area contributed by atoms with Gasteiger partial charge < -0.3 is 14.6 Å². The minimum atomic E-state index is -4.27.